The molecule has 0 aliphatic rings. The molecule has 2 aromatic rings. The van der Waals surface area contributed by atoms with Gasteiger partial charge < -0.3 is 9.84 Å². The minimum absolute atomic E-state index is 0.171. The SMILES string of the molecule is CSc1ccc(OCCCCCC(=O)Cc2ccccc2O)cc1. The molecule has 0 amide bonds. The van der Waals surface area contributed by atoms with Crippen LogP contribution in [-0.4, -0.2) is 23.8 Å². The Balaban J connectivity index is 1.57. The smallest absolute Gasteiger partial charge is 0.137 e. The van der Waals surface area contributed by atoms with Crippen molar-refractivity contribution in [1.82, 2.24) is 0 Å². The zero-order valence-corrected chi connectivity index (χ0v) is 14.8. The molecular weight excluding hydrogens is 320 g/mol. The Morgan fingerprint density at radius 3 is 2.50 bits per heavy atom. The third-order valence-electron chi connectivity index (χ3n) is 3.81. The van der Waals surface area contributed by atoms with Gasteiger partial charge in [-0.05, 0) is 55.9 Å². The fourth-order valence-corrected chi connectivity index (χ4v) is 2.83. The van der Waals surface area contributed by atoms with Gasteiger partial charge in [0.1, 0.15) is 17.3 Å². The Morgan fingerprint density at radius 2 is 1.79 bits per heavy atom. The topological polar surface area (TPSA) is 46.5 Å². The van der Waals surface area contributed by atoms with E-state index in [1.54, 1.807) is 30.0 Å². The highest BCUT2D eigenvalue weighted by Gasteiger charge is 2.07. The summed E-state index contributed by atoms with van der Waals surface area (Å²) >= 11 is 1.71. The van der Waals surface area contributed by atoms with Gasteiger partial charge in [0, 0.05) is 23.3 Å². The van der Waals surface area contributed by atoms with Crippen LogP contribution < -0.4 is 4.74 Å². The first-order valence-electron chi connectivity index (χ1n) is 8.24. The predicted octanol–water partition coefficient (Wildman–Crippen LogP) is 4.87. The number of unbranched alkanes of at least 4 members (excludes halogenated alkanes) is 2. The molecule has 0 fully saturated rings. The maximum absolute atomic E-state index is 11.9. The van der Waals surface area contributed by atoms with E-state index < -0.39 is 0 Å². The van der Waals surface area contributed by atoms with Gasteiger partial charge in [-0.15, -0.1) is 11.8 Å². The van der Waals surface area contributed by atoms with Crippen molar-refractivity contribution in [1.29, 1.82) is 0 Å². The highest BCUT2D eigenvalue weighted by Crippen LogP contribution is 2.19. The van der Waals surface area contributed by atoms with E-state index in [-0.39, 0.29) is 11.5 Å². The molecule has 0 bridgehead atoms. The number of phenols is 1. The third kappa shape index (κ3) is 6.28. The summed E-state index contributed by atoms with van der Waals surface area (Å²) in [6.07, 6.45) is 5.68. The van der Waals surface area contributed by atoms with Crippen molar-refractivity contribution in [2.24, 2.45) is 0 Å². The van der Waals surface area contributed by atoms with E-state index in [2.05, 4.69) is 18.4 Å². The number of hydrogen-bond donors (Lipinski definition) is 1. The lowest BCUT2D eigenvalue weighted by Gasteiger charge is -2.07. The van der Waals surface area contributed by atoms with Gasteiger partial charge in [-0.2, -0.15) is 0 Å². The highest BCUT2D eigenvalue weighted by atomic mass is 32.2. The second-order valence-corrected chi connectivity index (χ2v) is 6.56. The Labute approximate surface area is 148 Å². The van der Waals surface area contributed by atoms with E-state index in [1.165, 1.54) is 4.90 Å². The lowest BCUT2D eigenvalue weighted by atomic mass is 10.0. The molecule has 0 atom stereocenters. The summed E-state index contributed by atoms with van der Waals surface area (Å²) in [4.78, 5) is 13.2. The van der Waals surface area contributed by atoms with Crippen molar-refractivity contribution in [2.75, 3.05) is 12.9 Å². The summed E-state index contributed by atoms with van der Waals surface area (Å²) in [7, 11) is 0. The van der Waals surface area contributed by atoms with Crippen LogP contribution in [0, 0.1) is 0 Å². The number of ether oxygens (including phenoxy) is 1. The van der Waals surface area contributed by atoms with Gasteiger partial charge in [0.2, 0.25) is 0 Å². The molecule has 24 heavy (non-hydrogen) atoms. The first-order chi connectivity index (χ1) is 11.7. The molecule has 3 nitrogen and oxygen atoms in total. The number of para-hydroxylation sites is 1. The van der Waals surface area contributed by atoms with Gasteiger partial charge in [-0.3, -0.25) is 4.79 Å². The fourth-order valence-electron chi connectivity index (χ4n) is 2.42. The van der Waals surface area contributed by atoms with Crippen LogP contribution in [-0.2, 0) is 11.2 Å². The van der Waals surface area contributed by atoms with Crippen LogP contribution in [0.4, 0.5) is 0 Å². The number of benzene rings is 2. The first kappa shape index (κ1) is 18.4. The Kier molecular flexibility index (Phi) is 7.69. The maximum atomic E-state index is 11.9. The third-order valence-corrected chi connectivity index (χ3v) is 4.55. The highest BCUT2D eigenvalue weighted by molar-refractivity contribution is 7.98. The van der Waals surface area contributed by atoms with Gasteiger partial charge in [-0.25, -0.2) is 0 Å². The molecule has 1 N–H and O–H groups in total. The number of phenolic OH excluding ortho intramolecular Hbond substituents is 1. The predicted molar refractivity (Wildman–Crippen MR) is 99.0 cm³/mol. The van der Waals surface area contributed by atoms with E-state index in [1.807, 2.05) is 18.2 Å². The average Bonchev–Trinajstić information content (AvgIpc) is 2.60. The van der Waals surface area contributed by atoms with E-state index in [0.717, 1.165) is 25.0 Å². The largest absolute Gasteiger partial charge is 0.508 e. The van der Waals surface area contributed by atoms with Crippen molar-refractivity contribution in [3.05, 3.63) is 54.1 Å². The normalized spacial score (nSPS) is 10.5. The second kappa shape index (κ2) is 10.0. The monoisotopic (exact) mass is 344 g/mol. The van der Waals surface area contributed by atoms with Crippen molar-refractivity contribution >= 4 is 17.5 Å². The summed E-state index contributed by atoms with van der Waals surface area (Å²) < 4.78 is 5.70. The fraction of sp³-hybridized carbons (Fsp3) is 0.350. The first-order valence-corrected chi connectivity index (χ1v) is 9.47. The van der Waals surface area contributed by atoms with Gasteiger partial charge >= 0.3 is 0 Å². The molecule has 128 valence electrons. The van der Waals surface area contributed by atoms with Gasteiger partial charge in [0.15, 0.2) is 0 Å². The van der Waals surface area contributed by atoms with Gasteiger partial charge in [0.25, 0.3) is 0 Å². The maximum Gasteiger partial charge on any atom is 0.137 e. The molecular formula is C20H24O3S. The molecule has 0 saturated heterocycles. The van der Waals surface area contributed by atoms with Gasteiger partial charge in [-0.1, -0.05) is 18.2 Å². The number of hydrogen-bond acceptors (Lipinski definition) is 4. The summed E-state index contributed by atoms with van der Waals surface area (Å²) in [5, 5.41) is 9.67. The van der Waals surface area contributed by atoms with E-state index >= 15 is 0 Å². The number of thioether (sulfide) groups is 1. The summed E-state index contributed by atoms with van der Waals surface area (Å²) in [6, 6.07) is 15.1. The van der Waals surface area contributed by atoms with Gasteiger partial charge in [0.05, 0.1) is 6.61 Å². The van der Waals surface area contributed by atoms with E-state index in [0.29, 0.717) is 25.0 Å². The molecule has 0 aliphatic heterocycles. The number of carbonyl (C=O) groups excluding carboxylic acids is 1. The van der Waals surface area contributed by atoms with Crippen LogP contribution in [0.1, 0.15) is 31.2 Å². The Bertz CT molecular complexity index is 638. The van der Waals surface area contributed by atoms with Crippen LogP contribution in [0.5, 0.6) is 11.5 Å². The standard InChI is InChI=1S/C20H24O3S/c1-24-19-12-10-18(11-13-19)23-14-6-2-3-8-17(21)15-16-7-4-5-9-20(16)22/h4-5,7,9-13,22H,2-3,6,8,14-15H2,1H3. The molecule has 4 heteroatoms. The molecule has 0 radical (unpaired) electrons. The van der Waals surface area contributed by atoms with Crippen LogP contribution in [0.3, 0.4) is 0 Å². The number of aromatic hydroxyl groups is 1. The summed E-state index contributed by atoms with van der Waals surface area (Å²) in [5.41, 5.74) is 0.708. The van der Waals surface area contributed by atoms with Crippen molar-refractivity contribution in [3.63, 3.8) is 0 Å². The second-order valence-electron chi connectivity index (χ2n) is 5.68. The van der Waals surface area contributed by atoms with Crippen LogP contribution >= 0.6 is 11.8 Å². The minimum Gasteiger partial charge on any atom is -0.508 e. The Morgan fingerprint density at radius 1 is 1.04 bits per heavy atom. The number of carbonyl (C=O) groups is 1. The molecule has 0 aliphatic carbocycles. The van der Waals surface area contributed by atoms with Crippen LogP contribution in [0.15, 0.2) is 53.4 Å². The van der Waals surface area contributed by atoms with Crippen molar-refractivity contribution in [3.8, 4) is 11.5 Å². The lowest BCUT2D eigenvalue weighted by Crippen LogP contribution is -2.03. The summed E-state index contributed by atoms with van der Waals surface area (Å²) in [6.45, 7) is 0.673. The van der Waals surface area contributed by atoms with Crippen molar-refractivity contribution < 1.29 is 14.6 Å². The molecule has 0 spiro atoms. The zero-order valence-electron chi connectivity index (χ0n) is 14.0. The lowest BCUT2D eigenvalue weighted by molar-refractivity contribution is -0.118. The Hall–Kier alpha value is -1.94. The quantitative estimate of drug-likeness (QED) is 0.494. The number of Topliss-reactive ketones (excluding diaryl/α,β-unsaturated/α-hetero) is 1. The molecule has 2 aromatic carbocycles. The van der Waals surface area contributed by atoms with E-state index in [4.69, 9.17) is 4.74 Å². The van der Waals surface area contributed by atoms with Crippen molar-refractivity contribution in [2.45, 2.75) is 37.0 Å². The number of ketones is 1. The van der Waals surface area contributed by atoms with E-state index in [9.17, 15) is 9.90 Å². The van der Waals surface area contributed by atoms with Crippen LogP contribution in [0.25, 0.3) is 0 Å². The molecule has 0 aromatic heterocycles. The zero-order chi connectivity index (χ0) is 17.2. The number of rotatable bonds is 10. The molecule has 0 unspecified atom stereocenters. The summed E-state index contributed by atoms with van der Waals surface area (Å²) in [5.74, 6) is 1.26. The van der Waals surface area contributed by atoms with Crippen LogP contribution in [0.2, 0.25) is 0 Å². The minimum atomic E-state index is 0.171. The average molecular weight is 344 g/mol. The molecule has 0 saturated carbocycles. The molecule has 0 heterocycles. The molecule has 2 rings (SSSR count).